The first kappa shape index (κ1) is 13.0. The second-order valence-corrected chi connectivity index (χ2v) is 6.07. The van der Waals surface area contributed by atoms with Crippen molar-refractivity contribution in [3.63, 3.8) is 0 Å². The Kier molecular flexibility index (Phi) is 3.41. The highest BCUT2D eigenvalue weighted by atomic mass is 32.2. The van der Waals surface area contributed by atoms with E-state index in [0.717, 1.165) is 12.1 Å². The van der Waals surface area contributed by atoms with Gasteiger partial charge in [-0.25, -0.2) is 8.42 Å². The Morgan fingerprint density at radius 1 is 1.28 bits per heavy atom. The highest BCUT2D eigenvalue weighted by molar-refractivity contribution is 7.85. The van der Waals surface area contributed by atoms with E-state index >= 15 is 0 Å². The summed E-state index contributed by atoms with van der Waals surface area (Å²) in [6.07, 6.45) is 1.39. The molecule has 5 nitrogen and oxygen atoms in total. The number of carbonyl (C=O) groups is 1. The summed E-state index contributed by atoms with van der Waals surface area (Å²) in [7, 11) is -4.33. The largest absolute Gasteiger partial charge is 0.747 e. The maximum absolute atomic E-state index is 11.5. The number of anilines is 1. The summed E-state index contributed by atoms with van der Waals surface area (Å²) in [5.41, 5.74) is 1.19. The molecule has 1 aromatic rings. The molecule has 1 amide bonds. The fraction of sp³-hybridized carbons (Fsp3) is 0.417. The molecule has 0 radical (unpaired) electrons. The number of nitrogens with zero attached hydrogens (tertiary/aromatic N) is 1. The lowest BCUT2D eigenvalue weighted by atomic mass is 10.1. The van der Waals surface area contributed by atoms with Gasteiger partial charge in [-0.05, 0) is 31.0 Å². The van der Waals surface area contributed by atoms with Gasteiger partial charge in [0.05, 0.1) is 5.25 Å². The summed E-state index contributed by atoms with van der Waals surface area (Å²) in [5.74, 6) is 0.0762. The van der Waals surface area contributed by atoms with Crippen LogP contribution in [-0.4, -0.2) is 25.4 Å². The van der Waals surface area contributed by atoms with Gasteiger partial charge in [0, 0.05) is 18.7 Å². The molecule has 6 heteroatoms. The van der Waals surface area contributed by atoms with Crippen molar-refractivity contribution in [2.24, 2.45) is 0 Å². The zero-order valence-corrected chi connectivity index (χ0v) is 10.8. The molecule has 1 aromatic carbocycles. The monoisotopic (exact) mass is 268 g/mol. The van der Waals surface area contributed by atoms with Crippen molar-refractivity contribution in [3.05, 3.63) is 29.8 Å². The van der Waals surface area contributed by atoms with Crippen molar-refractivity contribution in [1.82, 2.24) is 0 Å². The number of hydrogen-bond acceptors (Lipinski definition) is 4. The Bertz CT molecular complexity index is 550. The fourth-order valence-electron chi connectivity index (χ4n) is 2.01. The molecule has 1 fully saturated rings. The molecule has 1 atom stereocenters. The van der Waals surface area contributed by atoms with Crippen molar-refractivity contribution >= 4 is 21.7 Å². The zero-order chi connectivity index (χ0) is 13.3. The lowest BCUT2D eigenvalue weighted by Gasteiger charge is -2.19. The molecule has 0 unspecified atom stereocenters. The van der Waals surface area contributed by atoms with Crippen LogP contribution in [0.15, 0.2) is 24.3 Å². The van der Waals surface area contributed by atoms with Gasteiger partial charge in [-0.1, -0.05) is 12.1 Å². The normalized spacial score (nSPS) is 18.1. The van der Waals surface area contributed by atoms with Crippen molar-refractivity contribution < 1.29 is 17.8 Å². The van der Waals surface area contributed by atoms with Crippen molar-refractivity contribution in [1.29, 1.82) is 0 Å². The summed E-state index contributed by atoms with van der Waals surface area (Å²) >= 11 is 0. The quantitative estimate of drug-likeness (QED) is 0.777. The van der Waals surface area contributed by atoms with Crippen LogP contribution in [0, 0.1) is 0 Å². The van der Waals surface area contributed by atoms with Gasteiger partial charge in [0.2, 0.25) is 5.91 Å². The van der Waals surface area contributed by atoms with E-state index in [1.54, 1.807) is 29.2 Å². The summed E-state index contributed by atoms with van der Waals surface area (Å²) in [4.78, 5) is 13.2. The Labute approximate surface area is 106 Å². The van der Waals surface area contributed by atoms with E-state index in [9.17, 15) is 17.8 Å². The molecular formula is C12H14NO4S-. The maximum atomic E-state index is 11.5. The standard InChI is InChI=1S/C12H15NO4S/c1-9(18(15,16)17)10-4-6-11(7-5-10)13-8-2-3-12(13)14/h4-7,9H,2-3,8H2,1H3,(H,15,16,17)/p-1/t9-/m1/s1. The van der Waals surface area contributed by atoms with Crippen LogP contribution in [0.5, 0.6) is 0 Å². The average Bonchev–Trinajstić information content (AvgIpc) is 2.73. The Balaban J connectivity index is 2.23. The van der Waals surface area contributed by atoms with Crippen LogP contribution < -0.4 is 4.90 Å². The first-order chi connectivity index (χ1) is 8.39. The molecule has 0 aromatic heterocycles. The highest BCUT2D eigenvalue weighted by Gasteiger charge is 2.22. The van der Waals surface area contributed by atoms with Gasteiger partial charge in [-0.3, -0.25) is 4.79 Å². The third kappa shape index (κ3) is 2.54. The van der Waals surface area contributed by atoms with E-state index in [0.29, 0.717) is 18.5 Å². The minimum atomic E-state index is -4.33. The van der Waals surface area contributed by atoms with Crippen LogP contribution in [0.2, 0.25) is 0 Å². The van der Waals surface area contributed by atoms with Crippen molar-refractivity contribution in [2.45, 2.75) is 25.0 Å². The first-order valence-corrected chi connectivity index (χ1v) is 7.22. The van der Waals surface area contributed by atoms with Crippen LogP contribution in [-0.2, 0) is 14.9 Å². The number of hydrogen-bond donors (Lipinski definition) is 0. The van der Waals surface area contributed by atoms with Crippen molar-refractivity contribution in [2.75, 3.05) is 11.4 Å². The van der Waals surface area contributed by atoms with Gasteiger partial charge in [0.1, 0.15) is 10.1 Å². The Hall–Kier alpha value is -1.40. The molecule has 18 heavy (non-hydrogen) atoms. The number of benzene rings is 1. The van der Waals surface area contributed by atoms with Crippen LogP contribution in [0.3, 0.4) is 0 Å². The molecule has 0 aliphatic carbocycles. The molecule has 0 saturated carbocycles. The average molecular weight is 268 g/mol. The van der Waals surface area contributed by atoms with Crippen molar-refractivity contribution in [3.8, 4) is 0 Å². The second kappa shape index (κ2) is 4.70. The molecule has 1 aliphatic heterocycles. The van der Waals surface area contributed by atoms with Gasteiger partial charge in [-0.15, -0.1) is 0 Å². The molecule has 0 spiro atoms. The summed E-state index contributed by atoms with van der Waals surface area (Å²) in [6.45, 7) is 2.05. The molecule has 0 bridgehead atoms. The Morgan fingerprint density at radius 2 is 1.89 bits per heavy atom. The molecule has 1 saturated heterocycles. The van der Waals surface area contributed by atoms with Crippen LogP contribution in [0.4, 0.5) is 5.69 Å². The number of rotatable bonds is 3. The second-order valence-electron chi connectivity index (χ2n) is 4.38. The molecule has 1 heterocycles. The minimum absolute atomic E-state index is 0.0762. The minimum Gasteiger partial charge on any atom is -0.747 e. The van der Waals surface area contributed by atoms with E-state index in [2.05, 4.69) is 0 Å². The van der Waals surface area contributed by atoms with E-state index < -0.39 is 15.4 Å². The smallest absolute Gasteiger partial charge is 0.227 e. The number of carbonyl (C=O) groups excluding carboxylic acids is 1. The van der Waals surface area contributed by atoms with Gasteiger partial charge < -0.3 is 9.45 Å². The maximum Gasteiger partial charge on any atom is 0.227 e. The fourth-order valence-corrected chi connectivity index (χ4v) is 2.50. The SMILES string of the molecule is C[C@H](c1ccc(N2CCCC2=O)cc1)S(=O)(=O)[O-]. The molecule has 98 valence electrons. The van der Waals surface area contributed by atoms with E-state index in [4.69, 9.17) is 0 Å². The third-order valence-electron chi connectivity index (χ3n) is 3.18. The van der Waals surface area contributed by atoms with E-state index in [1.807, 2.05) is 0 Å². The first-order valence-electron chi connectivity index (χ1n) is 5.74. The lowest BCUT2D eigenvalue weighted by molar-refractivity contribution is -0.117. The van der Waals surface area contributed by atoms with Gasteiger partial charge in [0.15, 0.2) is 0 Å². The predicted molar refractivity (Wildman–Crippen MR) is 66.1 cm³/mol. The number of amides is 1. The van der Waals surface area contributed by atoms with E-state index in [1.165, 1.54) is 6.92 Å². The zero-order valence-electron chi connectivity index (χ0n) is 10.00. The molecule has 0 N–H and O–H groups in total. The topological polar surface area (TPSA) is 77.5 Å². The van der Waals surface area contributed by atoms with Crippen LogP contribution >= 0.6 is 0 Å². The van der Waals surface area contributed by atoms with Gasteiger partial charge in [-0.2, -0.15) is 0 Å². The third-order valence-corrected chi connectivity index (χ3v) is 4.32. The van der Waals surface area contributed by atoms with E-state index in [-0.39, 0.29) is 5.91 Å². The molecular weight excluding hydrogens is 254 g/mol. The summed E-state index contributed by atoms with van der Waals surface area (Å²) < 4.78 is 32.7. The van der Waals surface area contributed by atoms with Crippen LogP contribution in [0.25, 0.3) is 0 Å². The van der Waals surface area contributed by atoms with Gasteiger partial charge >= 0.3 is 0 Å². The van der Waals surface area contributed by atoms with Gasteiger partial charge in [0.25, 0.3) is 0 Å². The summed E-state index contributed by atoms with van der Waals surface area (Å²) in [5, 5.41) is -1.07. The lowest BCUT2D eigenvalue weighted by Crippen LogP contribution is -2.23. The molecule has 1 aliphatic rings. The van der Waals surface area contributed by atoms with Crippen LogP contribution in [0.1, 0.15) is 30.6 Å². The molecule has 2 rings (SSSR count). The predicted octanol–water partition coefficient (Wildman–Crippen LogP) is 1.42. The summed E-state index contributed by atoms with van der Waals surface area (Å²) in [6, 6.07) is 6.53. The highest BCUT2D eigenvalue weighted by Crippen LogP contribution is 2.26. The Morgan fingerprint density at radius 3 is 2.33 bits per heavy atom.